The monoisotopic (exact) mass is 310 g/mol. The molecule has 0 saturated heterocycles. The highest BCUT2D eigenvalue weighted by molar-refractivity contribution is 5.77. The van der Waals surface area contributed by atoms with Crippen molar-refractivity contribution in [2.24, 2.45) is 11.1 Å². The number of carbonyl (C=O) groups is 1. The van der Waals surface area contributed by atoms with Crippen LogP contribution < -0.4 is 11.1 Å². The molecule has 122 valence electrons. The predicted molar refractivity (Wildman–Crippen MR) is 82.1 cm³/mol. The molecule has 0 spiro atoms. The number of rotatable bonds is 5. The van der Waals surface area contributed by atoms with Gasteiger partial charge >= 0.3 is 0 Å². The number of hydrogen-bond acceptors (Lipinski definition) is 2. The Labute approximate surface area is 130 Å². The Morgan fingerprint density at radius 3 is 2.55 bits per heavy atom. The van der Waals surface area contributed by atoms with Crippen LogP contribution in [-0.4, -0.2) is 12.5 Å². The highest BCUT2D eigenvalue weighted by Crippen LogP contribution is 2.38. The van der Waals surface area contributed by atoms with Gasteiger partial charge in [-0.05, 0) is 49.4 Å². The molecule has 3 nitrogen and oxygen atoms in total. The summed E-state index contributed by atoms with van der Waals surface area (Å²) < 4.78 is 26.2. The molecule has 1 aromatic rings. The molecule has 1 fully saturated rings. The van der Waals surface area contributed by atoms with E-state index in [1.807, 2.05) is 0 Å². The van der Waals surface area contributed by atoms with Gasteiger partial charge in [-0.25, -0.2) is 8.78 Å². The summed E-state index contributed by atoms with van der Waals surface area (Å²) >= 11 is 0. The lowest BCUT2D eigenvalue weighted by atomic mass is 9.71. The summed E-state index contributed by atoms with van der Waals surface area (Å²) in [6.45, 7) is 2.28. The number of halogens is 2. The lowest BCUT2D eigenvalue weighted by molar-refractivity contribution is -0.124. The van der Waals surface area contributed by atoms with Gasteiger partial charge in [0, 0.05) is 6.42 Å². The second kappa shape index (κ2) is 7.18. The van der Waals surface area contributed by atoms with E-state index in [0.717, 1.165) is 37.8 Å². The Hall–Kier alpha value is -1.49. The van der Waals surface area contributed by atoms with Gasteiger partial charge in [-0.3, -0.25) is 4.79 Å². The minimum absolute atomic E-state index is 0.0791. The fourth-order valence-corrected chi connectivity index (χ4v) is 3.25. The van der Waals surface area contributed by atoms with Gasteiger partial charge in [-0.15, -0.1) is 0 Å². The Balaban J connectivity index is 1.97. The summed E-state index contributed by atoms with van der Waals surface area (Å²) in [4.78, 5) is 12.3. The van der Waals surface area contributed by atoms with Crippen LogP contribution in [0.4, 0.5) is 8.78 Å². The van der Waals surface area contributed by atoms with E-state index in [2.05, 4.69) is 5.32 Å². The molecular weight excluding hydrogens is 286 g/mol. The van der Waals surface area contributed by atoms with Gasteiger partial charge in [0.2, 0.25) is 5.91 Å². The second-order valence-corrected chi connectivity index (χ2v) is 6.40. The van der Waals surface area contributed by atoms with Crippen molar-refractivity contribution in [3.8, 4) is 0 Å². The highest BCUT2D eigenvalue weighted by Gasteiger charge is 2.33. The maximum atomic E-state index is 13.3. The summed E-state index contributed by atoms with van der Waals surface area (Å²) in [6.07, 6.45) is 5.80. The average molecular weight is 310 g/mol. The van der Waals surface area contributed by atoms with Crippen molar-refractivity contribution in [3.63, 3.8) is 0 Å². The predicted octanol–water partition coefficient (Wildman–Crippen LogP) is 3.44. The molecule has 1 aliphatic carbocycles. The van der Waals surface area contributed by atoms with Crippen molar-refractivity contribution in [2.75, 3.05) is 6.54 Å². The SMILES string of the molecule is CC(NC(=O)CC1(CN)CCCCC1)c1ccc(F)c(F)c1. The summed E-state index contributed by atoms with van der Waals surface area (Å²) in [5.74, 6) is -1.86. The first kappa shape index (κ1) is 16.9. The van der Waals surface area contributed by atoms with Gasteiger partial charge in [0.05, 0.1) is 6.04 Å². The molecular formula is C17H24F2N2O. The number of carbonyl (C=O) groups excluding carboxylic acids is 1. The van der Waals surface area contributed by atoms with E-state index in [1.54, 1.807) is 6.92 Å². The van der Waals surface area contributed by atoms with Crippen LogP contribution in [0.15, 0.2) is 18.2 Å². The highest BCUT2D eigenvalue weighted by atomic mass is 19.2. The third-order valence-electron chi connectivity index (χ3n) is 4.70. The zero-order valence-corrected chi connectivity index (χ0v) is 13.0. The van der Waals surface area contributed by atoms with Crippen molar-refractivity contribution in [1.29, 1.82) is 0 Å². The first-order valence-corrected chi connectivity index (χ1v) is 7.90. The number of nitrogens with two attached hydrogens (primary N) is 1. The normalized spacial score (nSPS) is 18.7. The maximum Gasteiger partial charge on any atom is 0.221 e. The van der Waals surface area contributed by atoms with Crippen molar-refractivity contribution in [1.82, 2.24) is 5.32 Å². The Bertz CT molecular complexity index is 527. The maximum absolute atomic E-state index is 13.3. The fourth-order valence-electron chi connectivity index (χ4n) is 3.25. The molecule has 5 heteroatoms. The van der Waals surface area contributed by atoms with Crippen LogP contribution in [0.25, 0.3) is 0 Å². The van der Waals surface area contributed by atoms with Gasteiger partial charge in [0.1, 0.15) is 0 Å². The van der Waals surface area contributed by atoms with Crippen molar-refractivity contribution < 1.29 is 13.6 Å². The molecule has 0 radical (unpaired) electrons. The Morgan fingerprint density at radius 2 is 1.95 bits per heavy atom. The topological polar surface area (TPSA) is 55.1 Å². The van der Waals surface area contributed by atoms with Crippen molar-refractivity contribution >= 4 is 5.91 Å². The van der Waals surface area contributed by atoms with E-state index >= 15 is 0 Å². The molecule has 1 aromatic carbocycles. The average Bonchev–Trinajstić information content (AvgIpc) is 2.50. The largest absolute Gasteiger partial charge is 0.350 e. The lowest BCUT2D eigenvalue weighted by Crippen LogP contribution is -2.39. The Morgan fingerprint density at radius 1 is 1.27 bits per heavy atom. The molecule has 3 N–H and O–H groups in total. The molecule has 1 atom stereocenters. The first-order valence-electron chi connectivity index (χ1n) is 7.90. The van der Waals surface area contributed by atoms with Crippen LogP contribution in [0.2, 0.25) is 0 Å². The number of amides is 1. The van der Waals surface area contributed by atoms with Crippen LogP contribution in [-0.2, 0) is 4.79 Å². The molecule has 0 bridgehead atoms. The third-order valence-corrected chi connectivity index (χ3v) is 4.70. The van der Waals surface area contributed by atoms with E-state index < -0.39 is 11.6 Å². The van der Waals surface area contributed by atoms with Crippen LogP contribution in [0.1, 0.15) is 57.1 Å². The van der Waals surface area contributed by atoms with Gasteiger partial charge < -0.3 is 11.1 Å². The minimum Gasteiger partial charge on any atom is -0.350 e. The molecule has 0 aromatic heterocycles. The number of nitrogens with one attached hydrogen (secondary N) is 1. The summed E-state index contributed by atoms with van der Waals surface area (Å²) in [5, 5.41) is 2.87. The molecule has 1 aliphatic rings. The molecule has 0 heterocycles. The van der Waals surface area contributed by atoms with Crippen molar-refractivity contribution in [2.45, 2.75) is 51.5 Å². The van der Waals surface area contributed by atoms with Gasteiger partial charge in [0.25, 0.3) is 0 Å². The van der Waals surface area contributed by atoms with E-state index in [-0.39, 0.29) is 17.4 Å². The standard InChI is InChI=1S/C17H24F2N2O/c1-12(13-5-6-14(18)15(19)9-13)21-16(22)10-17(11-20)7-3-2-4-8-17/h5-6,9,12H,2-4,7-8,10-11,20H2,1H3,(H,21,22). The third kappa shape index (κ3) is 4.03. The van der Waals surface area contributed by atoms with E-state index in [0.29, 0.717) is 18.5 Å². The quantitative estimate of drug-likeness (QED) is 0.875. The van der Waals surface area contributed by atoms with Crippen LogP contribution in [0, 0.1) is 17.0 Å². The molecule has 0 aliphatic heterocycles. The van der Waals surface area contributed by atoms with Crippen LogP contribution >= 0.6 is 0 Å². The van der Waals surface area contributed by atoms with Gasteiger partial charge in [-0.1, -0.05) is 25.3 Å². The summed E-state index contributed by atoms with van der Waals surface area (Å²) in [7, 11) is 0. The van der Waals surface area contributed by atoms with Crippen molar-refractivity contribution in [3.05, 3.63) is 35.4 Å². The molecule has 1 unspecified atom stereocenters. The Kier molecular flexibility index (Phi) is 5.51. The molecule has 1 amide bonds. The van der Waals surface area contributed by atoms with Gasteiger partial charge in [-0.2, -0.15) is 0 Å². The summed E-state index contributed by atoms with van der Waals surface area (Å²) in [6, 6.07) is 3.33. The number of benzene rings is 1. The van der Waals surface area contributed by atoms with E-state index in [9.17, 15) is 13.6 Å². The molecule has 2 rings (SSSR count). The van der Waals surface area contributed by atoms with E-state index in [4.69, 9.17) is 5.73 Å². The zero-order chi connectivity index (χ0) is 16.2. The zero-order valence-electron chi connectivity index (χ0n) is 13.0. The first-order chi connectivity index (χ1) is 10.5. The molecule has 22 heavy (non-hydrogen) atoms. The van der Waals surface area contributed by atoms with Crippen LogP contribution in [0.3, 0.4) is 0 Å². The van der Waals surface area contributed by atoms with E-state index in [1.165, 1.54) is 12.5 Å². The van der Waals surface area contributed by atoms with Gasteiger partial charge in [0.15, 0.2) is 11.6 Å². The molecule has 1 saturated carbocycles. The smallest absolute Gasteiger partial charge is 0.221 e. The minimum atomic E-state index is -0.899. The lowest BCUT2D eigenvalue weighted by Gasteiger charge is -2.36. The van der Waals surface area contributed by atoms with Crippen LogP contribution in [0.5, 0.6) is 0 Å². The summed E-state index contributed by atoms with van der Waals surface area (Å²) in [5.41, 5.74) is 6.35. The fraction of sp³-hybridized carbons (Fsp3) is 0.588. The number of hydrogen-bond donors (Lipinski definition) is 2. The second-order valence-electron chi connectivity index (χ2n) is 6.40.